The van der Waals surface area contributed by atoms with Crippen LogP contribution < -0.4 is 0 Å². The summed E-state index contributed by atoms with van der Waals surface area (Å²) in [5, 5.41) is 8.25. The Morgan fingerprint density at radius 2 is 2.20 bits per heavy atom. The molecule has 0 aliphatic rings. The minimum atomic E-state index is -1.77. The van der Waals surface area contributed by atoms with E-state index in [9.17, 15) is 9.59 Å². The molecule has 0 aromatic carbocycles. The summed E-state index contributed by atoms with van der Waals surface area (Å²) in [4.78, 5) is 20.8. The molecule has 1 N–H and O–H groups in total. The second-order valence-corrected chi connectivity index (χ2v) is 1.42. The van der Waals surface area contributed by atoms with Crippen molar-refractivity contribution in [2.75, 3.05) is 6.61 Å². The normalized spacial score (nSPS) is 18.1. The van der Waals surface area contributed by atoms with E-state index in [1.165, 1.54) is 0 Å². The summed E-state index contributed by atoms with van der Waals surface area (Å²) >= 11 is 0. The van der Waals surface area contributed by atoms with Gasteiger partial charge in [-0.3, -0.25) is 9.59 Å². The monoisotopic (exact) mass is 148 g/mol. The molecule has 4 nitrogen and oxygen atoms in total. The smallest absolute Gasteiger partial charge is 0.306 e. The van der Waals surface area contributed by atoms with Gasteiger partial charge in [0.05, 0.1) is 19.4 Å². The van der Waals surface area contributed by atoms with Gasteiger partial charge in [0.15, 0.2) is 0 Å². The van der Waals surface area contributed by atoms with Gasteiger partial charge in [0, 0.05) is 2.74 Å². The van der Waals surface area contributed by atoms with Crippen molar-refractivity contribution in [3.63, 3.8) is 0 Å². The zero-order valence-corrected chi connectivity index (χ0v) is 5.53. The number of carbonyl (C=O) groups excluding carboxylic acids is 1. The van der Waals surface area contributed by atoms with E-state index in [2.05, 4.69) is 4.74 Å². The fraction of sp³-hybridized carbons (Fsp3) is 0.667. The highest BCUT2D eigenvalue weighted by molar-refractivity contribution is 5.76. The molecule has 0 aromatic heterocycles. The number of carboxylic acids is 1. The SMILES string of the molecule is [2H]C(C(=O)O)C([2H])C(=O)OCC. The summed E-state index contributed by atoms with van der Waals surface area (Å²) < 4.78 is 18.2. The third kappa shape index (κ3) is 5.08. The first kappa shape index (κ1) is 5.70. The Morgan fingerprint density at radius 1 is 1.60 bits per heavy atom. The van der Waals surface area contributed by atoms with Gasteiger partial charge in [-0.05, 0) is 6.92 Å². The molecule has 0 spiro atoms. The molecule has 2 unspecified atom stereocenters. The lowest BCUT2D eigenvalue weighted by atomic mass is 10.3. The lowest BCUT2D eigenvalue weighted by Gasteiger charge is -1.97. The summed E-state index contributed by atoms with van der Waals surface area (Å²) in [7, 11) is 0. The molecule has 0 aromatic rings. The Kier molecular flexibility index (Phi) is 2.73. The number of carboxylic acid groups (broad SMARTS) is 1. The van der Waals surface area contributed by atoms with Crippen LogP contribution in [0.25, 0.3) is 0 Å². The van der Waals surface area contributed by atoms with E-state index in [1.807, 2.05) is 0 Å². The highest BCUT2D eigenvalue weighted by Crippen LogP contribution is 1.91. The third-order valence-electron chi connectivity index (χ3n) is 0.649. The average Bonchev–Trinajstić information content (AvgIpc) is 2.02. The van der Waals surface area contributed by atoms with Crippen LogP contribution >= 0.6 is 0 Å². The third-order valence-corrected chi connectivity index (χ3v) is 0.649. The lowest BCUT2D eigenvalue weighted by Crippen LogP contribution is -2.06. The molecular formula is C6H10O4. The van der Waals surface area contributed by atoms with E-state index in [0.717, 1.165) is 0 Å². The highest BCUT2D eigenvalue weighted by Gasteiger charge is 2.04. The standard InChI is InChI=1S/C6H10O4/c1-2-10-6(9)4-3-5(7)8/h2-4H2,1H3,(H,7,8)/i3D,4D. The molecule has 58 valence electrons. The van der Waals surface area contributed by atoms with Gasteiger partial charge in [-0.15, -0.1) is 0 Å². The Morgan fingerprint density at radius 3 is 2.60 bits per heavy atom. The molecule has 0 aliphatic carbocycles. The van der Waals surface area contributed by atoms with Crippen molar-refractivity contribution in [3.8, 4) is 0 Å². The van der Waals surface area contributed by atoms with Crippen LogP contribution in [0.15, 0.2) is 0 Å². The van der Waals surface area contributed by atoms with E-state index < -0.39 is 24.7 Å². The van der Waals surface area contributed by atoms with Gasteiger partial charge in [0.2, 0.25) is 0 Å². The molecule has 0 amide bonds. The molecule has 0 heterocycles. The summed E-state index contributed by atoms with van der Waals surface area (Å²) in [5.41, 5.74) is 0. The topological polar surface area (TPSA) is 63.6 Å². The number of esters is 1. The highest BCUT2D eigenvalue weighted by atomic mass is 16.5. The van der Waals surface area contributed by atoms with E-state index in [1.54, 1.807) is 6.92 Å². The van der Waals surface area contributed by atoms with Crippen LogP contribution in [0.1, 0.15) is 22.5 Å². The van der Waals surface area contributed by atoms with Crippen molar-refractivity contribution in [2.24, 2.45) is 0 Å². The van der Waals surface area contributed by atoms with Gasteiger partial charge in [0.25, 0.3) is 0 Å². The summed E-state index contributed by atoms with van der Waals surface area (Å²) in [6.07, 6.45) is -3.44. The van der Waals surface area contributed by atoms with Crippen molar-refractivity contribution in [1.82, 2.24) is 0 Å². The molecule has 4 heteroatoms. The zero-order chi connectivity index (χ0) is 9.72. The number of rotatable bonds is 4. The number of aliphatic carboxylic acids is 1. The van der Waals surface area contributed by atoms with Gasteiger partial charge in [-0.1, -0.05) is 0 Å². The summed E-state index contributed by atoms with van der Waals surface area (Å²) in [5.74, 6) is -2.47. The van der Waals surface area contributed by atoms with Gasteiger partial charge < -0.3 is 9.84 Å². The second kappa shape index (κ2) is 4.78. The second-order valence-electron chi connectivity index (χ2n) is 1.42. The van der Waals surface area contributed by atoms with Crippen LogP contribution in [-0.4, -0.2) is 23.7 Å². The lowest BCUT2D eigenvalue weighted by molar-refractivity contribution is -0.147. The minimum absolute atomic E-state index is 0.0839. The first-order chi connectivity index (χ1) is 5.50. The number of ether oxygens (including phenoxy) is 1. The maximum Gasteiger partial charge on any atom is 0.306 e. The van der Waals surface area contributed by atoms with Crippen molar-refractivity contribution in [3.05, 3.63) is 0 Å². The average molecular weight is 148 g/mol. The summed E-state index contributed by atoms with van der Waals surface area (Å²) in [6.45, 7) is 1.63. The molecule has 0 saturated carbocycles. The molecule has 0 fully saturated rings. The molecule has 0 aliphatic heterocycles. The predicted molar refractivity (Wildman–Crippen MR) is 33.5 cm³/mol. The fourth-order valence-electron chi connectivity index (χ4n) is 0.330. The van der Waals surface area contributed by atoms with Crippen LogP contribution in [0.5, 0.6) is 0 Å². The molecule has 2 atom stereocenters. The minimum Gasteiger partial charge on any atom is -0.481 e. The largest absolute Gasteiger partial charge is 0.481 e. The molecule has 0 bridgehead atoms. The first-order valence-corrected chi connectivity index (χ1v) is 2.74. The van der Waals surface area contributed by atoms with Crippen LogP contribution in [0, 0.1) is 0 Å². The maximum absolute atomic E-state index is 10.7. The Balaban J connectivity index is 4.09. The van der Waals surface area contributed by atoms with Gasteiger partial charge in [-0.25, -0.2) is 0 Å². The molecule has 0 rings (SSSR count). The van der Waals surface area contributed by atoms with Gasteiger partial charge in [-0.2, -0.15) is 0 Å². The van der Waals surface area contributed by atoms with Crippen LogP contribution in [0.4, 0.5) is 0 Å². The Bertz CT molecular complexity index is 182. The van der Waals surface area contributed by atoms with Gasteiger partial charge >= 0.3 is 11.9 Å². The Labute approximate surface area is 61.6 Å². The first-order valence-electron chi connectivity index (χ1n) is 3.90. The van der Waals surface area contributed by atoms with E-state index in [0.29, 0.717) is 0 Å². The predicted octanol–water partition coefficient (Wildman–Crippen LogP) is 0.414. The summed E-state index contributed by atoms with van der Waals surface area (Å²) in [6, 6.07) is 0. The van der Waals surface area contributed by atoms with Gasteiger partial charge in [0.1, 0.15) is 0 Å². The molecular weight excluding hydrogens is 136 g/mol. The number of hydrogen-bond acceptors (Lipinski definition) is 3. The van der Waals surface area contributed by atoms with Crippen molar-refractivity contribution in [2.45, 2.75) is 19.7 Å². The fourth-order valence-corrected chi connectivity index (χ4v) is 0.330. The van der Waals surface area contributed by atoms with Crippen LogP contribution in [0.2, 0.25) is 0 Å². The quantitative estimate of drug-likeness (QED) is 0.586. The molecule has 0 saturated heterocycles. The van der Waals surface area contributed by atoms with Crippen LogP contribution in [-0.2, 0) is 14.3 Å². The van der Waals surface area contributed by atoms with Crippen molar-refractivity contribution < 1.29 is 22.2 Å². The maximum atomic E-state index is 10.7. The van der Waals surface area contributed by atoms with E-state index in [4.69, 9.17) is 7.85 Å². The number of carbonyl (C=O) groups is 2. The van der Waals surface area contributed by atoms with Crippen molar-refractivity contribution >= 4 is 11.9 Å². The number of hydrogen-bond donors (Lipinski definition) is 1. The Hall–Kier alpha value is -1.06. The van der Waals surface area contributed by atoms with E-state index >= 15 is 0 Å². The van der Waals surface area contributed by atoms with Crippen LogP contribution in [0.3, 0.4) is 0 Å². The zero-order valence-electron chi connectivity index (χ0n) is 7.53. The molecule has 10 heavy (non-hydrogen) atoms. The van der Waals surface area contributed by atoms with Crippen molar-refractivity contribution in [1.29, 1.82) is 0 Å². The van der Waals surface area contributed by atoms with E-state index in [-0.39, 0.29) is 6.61 Å². The molecule has 0 radical (unpaired) electrons.